The van der Waals surface area contributed by atoms with Gasteiger partial charge in [-0.2, -0.15) is 5.10 Å². The summed E-state index contributed by atoms with van der Waals surface area (Å²) < 4.78 is 1.03. The Morgan fingerprint density at radius 2 is 2.07 bits per heavy atom. The van der Waals surface area contributed by atoms with Crippen LogP contribution in [-0.2, 0) is 0 Å². The van der Waals surface area contributed by atoms with E-state index in [1.54, 1.807) is 0 Å². The largest absolute Gasteiger partial charge is 0.262 e. The molecule has 76 valence electrons. The Hall–Kier alpha value is -1.16. The van der Waals surface area contributed by atoms with E-state index in [9.17, 15) is 0 Å². The molecule has 1 N–H and O–H groups in total. The average molecular weight is 264 g/mol. The highest BCUT2D eigenvalue weighted by atomic mass is 79.9. The molecule has 1 aliphatic carbocycles. The van der Waals surface area contributed by atoms with Gasteiger partial charge in [-0.3, -0.25) is 5.10 Å². The van der Waals surface area contributed by atoms with Crippen LogP contribution in [0.2, 0.25) is 0 Å². The Kier molecular flexibility index (Phi) is 2.09. The highest BCUT2D eigenvalue weighted by Crippen LogP contribution is 2.38. The van der Waals surface area contributed by atoms with Gasteiger partial charge in [0.05, 0.1) is 0 Å². The van der Waals surface area contributed by atoms with Crippen molar-refractivity contribution in [2.24, 2.45) is 0 Å². The topological polar surface area (TPSA) is 41.6 Å². The van der Waals surface area contributed by atoms with Crippen molar-refractivity contribution in [1.82, 2.24) is 15.2 Å². The highest BCUT2D eigenvalue weighted by molar-refractivity contribution is 9.10. The van der Waals surface area contributed by atoms with E-state index in [1.165, 1.54) is 12.8 Å². The van der Waals surface area contributed by atoms with Crippen LogP contribution < -0.4 is 0 Å². The van der Waals surface area contributed by atoms with E-state index < -0.39 is 0 Å². The molecule has 0 spiro atoms. The van der Waals surface area contributed by atoms with E-state index in [2.05, 4.69) is 31.1 Å². The maximum atomic E-state index is 4.51. The molecule has 0 radical (unpaired) electrons. The van der Waals surface area contributed by atoms with Crippen LogP contribution in [-0.4, -0.2) is 15.2 Å². The summed E-state index contributed by atoms with van der Waals surface area (Å²) in [7, 11) is 0. The second kappa shape index (κ2) is 3.45. The molecular weight excluding hydrogens is 254 g/mol. The summed E-state index contributed by atoms with van der Waals surface area (Å²) in [6, 6.07) is 8.00. The fourth-order valence-electron chi connectivity index (χ4n) is 1.58. The molecule has 1 saturated carbocycles. The van der Waals surface area contributed by atoms with E-state index in [0.717, 1.165) is 21.7 Å². The number of aromatic amines is 1. The SMILES string of the molecule is Brc1ccccc1-c1n[nH]c(C2CC2)n1. The van der Waals surface area contributed by atoms with Gasteiger partial charge in [-0.05, 0) is 25.0 Å². The summed E-state index contributed by atoms with van der Waals surface area (Å²) >= 11 is 3.50. The summed E-state index contributed by atoms with van der Waals surface area (Å²) in [6.07, 6.45) is 2.48. The summed E-state index contributed by atoms with van der Waals surface area (Å²) in [5, 5.41) is 7.25. The number of hydrogen-bond donors (Lipinski definition) is 1. The highest BCUT2D eigenvalue weighted by Gasteiger charge is 2.27. The molecule has 0 bridgehead atoms. The van der Waals surface area contributed by atoms with Crippen molar-refractivity contribution in [3.8, 4) is 11.4 Å². The molecule has 2 aromatic rings. The monoisotopic (exact) mass is 263 g/mol. The van der Waals surface area contributed by atoms with E-state index in [1.807, 2.05) is 24.3 Å². The standard InChI is InChI=1S/C11H10BrN3/c12-9-4-2-1-3-8(9)11-13-10(14-15-11)7-5-6-7/h1-4,7H,5-6H2,(H,13,14,15). The minimum Gasteiger partial charge on any atom is -0.262 e. The number of hydrogen-bond acceptors (Lipinski definition) is 2. The zero-order chi connectivity index (χ0) is 10.3. The molecule has 0 atom stereocenters. The van der Waals surface area contributed by atoms with E-state index >= 15 is 0 Å². The van der Waals surface area contributed by atoms with Gasteiger partial charge in [0, 0.05) is 16.0 Å². The van der Waals surface area contributed by atoms with Crippen LogP contribution in [0.25, 0.3) is 11.4 Å². The molecule has 0 saturated heterocycles. The molecule has 0 aliphatic heterocycles. The Balaban J connectivity index is 2.01. The second-order valence-electron chi connectivity index (χ2n) is 3.80. The average Bonchev–Trinajstić information content (AvgIpc) is 2.99. The zero-order valence-corrected chi connectivity index (χ0v) is 9.66. The third kappa shape index (κ3) is 1.69. The van der Waals surface area contributed by atoms with E-state index in [0.29, 0.717) is 5.92 Å². The number of nitrogens with zero attached hydrogens (tertiary/aromatic N) is 2. The van der Waals surface area contributed by atoms with Crippen molar-refractivity contribution >= 4 is 15.9 Å². The lowest BCUT2D eigenvalue weighted by atomic mass is 10.2. The molecule has 1 aromatic heterocycles. The van der Waals surface area contributed by atoms with Gasteiger partial charge in [0.25, 0.3) is 0 Å². The summed E-state index contributed by atoms with van der Waals surface area (Å²) in [6.45, 7) is 0. The third-order valence-electron chi connectivity index (χ3n) is 2.58. The molecule has 15 heavy (non-hydrogen) atoms. The number of H-pyrrole nitrogens is 1. The predicted molar refractivity (Wildman–Crippen MR) is 61.5 cm³/mol. The fraction of sp³-hybridized carbons (Fsp3) is 0.273. The van der Waals surface area contributed by atoms with Crippen LogP contribution in [0.4, 0.5) is 0 Å². The molecule has 1 fully saturated rings. The van der Waals surface area contributed by atoms with Crippen molar-refractivity contribution in [3.05, 3.63) is 34.6 Å². The van der Waals surface area contributed by atoms with Crippen molar-refractivity contribution in [1.29, 1.82) is 0 Å². The number of halogens is 1. The van der Waals surface area contributed by atoms with Gasteiger partial charge in [-0.15, -0.1) is 0 Å². The van der Waals surface area contributed by atoms with Gasteiger partial charge in [0.15, 0.2) is 5.82 Å². The lowest BCUT2D eigenvalue weighted by Gasteiger charge is -1.97. The molecule has 0 amide bonds. The van der Waals surface area contributed by atoms with Crippen LogP contribution in [0.15, 0.2) is 28.7 Å². The molecular formula is C11H10BrN3. The van der Waals surface area contributed by atoms with Gasteiger partial charge < -0.3 is 0 Å². The van der Waals surface area contributed by atoms with Crippen molar-refractivity contribution in [3.63, 3.8) is 0 Å². The molecule has 3 rings (SSSR count). The van der Waals surface area contributed by atoms with Gasteiger partial charge in [-0.25, -0.2) is 4.98 Å². The maximum absolute atomic E-state index is 4.51. The smallest absolute Gasteiger partial charge is 0.182 e. The van der Waals surface area contributed by atoms with Gasteiger partial charge in [0.1, 0.15) is 5.82 Å². The Labute approximate surface area is 96.1 Å². The second-order valence-corrected chi connectivity index (χ2v) is 4.65. The number of aromatic nitrogens is 3. The Morgan fingerprint density at radius 3 is 2.80 bits per heavy atom. The molecule has 3 nitrogen and oxygen atoms in total. The van der Waals surface area contributed by atoms with Gasteiger partial charge >= 0.3 is 0 Å². The predicted octanol–water partition coefficient (Wildman–Crippen LogP) is 3.11. The van der Waals surface area contributed by atoms with E-state index in [4.69, 9.17) is 0 Å². The first-order chi connectivity index (χ1) is 7.34. The molecule has 4 heteroatoms. The van der Waals surface area contributed by atoms with Crippen LogP contribution in [0.1, 0.15) is 24.6 Å². The van der Waals surface area contributed by atoms with Crippen LogP contribution in [0, 0.1) is 0 Å². The number of benzene rings is 1. The normalized spacial score (nSPS) is 15.5. The van der Waals surface area contributed by atoms with Gasteiger partial charge in [-0.1, -0.05) is 28.1 Å². The zero-order valence-electron chi connectivity index (χ0n) is 8.07. The molecule has 1 aliphatic rings. The first-order valence-electron chi connectivity index (χ1n) is 5.02. The van der Waals surface area contributed by atoms with Crippen LogP contribution in [0.3, 0.4) is 0 Å². The number of nitrogens with one attached hydrogen (secondary N) is 1. The molecule has 0 unspecified atom stereocenters. The summed E-state index contributed by atoms with van der Waals surface area (Å²) in [5.74, 6) is 2.43. The minimum absolute atomic E-state index is 0.619. The fourth-order valence-corrected chi connectivity index (χ4v) is 2.04. The Morgan fingerprint density at radius 1 is 1.27 bits per heavy atom. The van der Waals surface area contributed by atoms with Crippen molar-refractivity contribution < 1.29 is 0 Å². The number of rotatable bonds is 2. The minimum atomic E-state index is 0.619. The molecule has 1 aromatic carbocycles. The van der Waals surface area contributed by atoms with E-state index in [-0.39, 0.29) is 0 Å². The van der Waals surface area contributed by atoms with Crippen molar-refractivity contribution in [2.75, 3.05) is 0 Å². The Bertz CT molecular complexity index is 488. The van der Waals surface area contributed by atoms with Gasteiger partial charge in [0.2, 0.25) is 0 Å². The molecule has 1 heterocycles. The lowest BCUT2D eigenvalue weighted by molar-refractivity contribution is 0.935. The first kappa shape index (κ1) is 9.09. The summed E-state index contributed by atoms with van der Waals surface area (Å²) in [4.78, 5) is 4.51. The quantitative estimate of drug-likeness (QED) is 0.905. The first-order valence-corrected chi connectivity index (χ1v) is 5.81. The summed E-state index contributed by atoms with van der Waals surface area (Å²) in [5.41, 5.74) is 1.04. The third-order valence-corrected chi connectivity index (χ3v) is 3.27. The van der Waals surface area contributed by atoms with Crippen molar-refractivity contribution in [2.45, 2.75) is 18.8 Å². The maximum Gasteiger partial charge on any atom is 0.182 e. The van der Waals surface area contributed by atoms with Crippen LogP contribution in [0.5, 0.6) is 0 Å². The lowest BCUT2D eigenvalue weighted by Crippen LogP contribution is -1.83. The van der Waals surface area contributed by atoms with Crippen LogP contribution >= 0.6 is 15.9 Å².